The molecule has 0 aliphatic carbocycles. The van der Waals surface area contributed by atoms with Crippen molar-refractivity contribution >= 4 is 22.5 Å². The highest BCUT2D eigenvalue weighted by Crippen LogP contribution is 2.29. The Balaban J connectivity index is 1.86. The smallest absolute Gasteiger partial charge is 0.256 e. The van der Waals surface area contributed by atoms with Crippen molar-refractivity contribution < 1.29 is 22.4 Å². The number of nitrogens with zero attached hydrogens (tertiary/aromatic N) is 3. The maximum absolute atomic E-state index is 14.1. The molecule has 1 N–H and O–H groups in total. The van der Waals surface area contributed by atoms with Crippen LogP contribution in [0.15, 0.2) is 42.6 Å². The lowest BCUT2D eigenvalue weighted by atomic mass is 10.0. The van der Waals surface area contributed by atoms with Gasteiger partial charge in [0.1, 0.15) is 5.69 Å². The van der Waals surface area contributed by atoms with Crippen molar-refractivity contribution in [3.63, 3.8) is 0 Å². The van der Waals surface area contributed by atoms with Gasteiger partial charge in [0.2, 0.25) is 0 Å². The van der Waals surface area contributed by atoms with Crippen molar-refractivity contribution in [2.24, 2.45) is 0 Å². The summed E-state index contributed by atoms with van der Waals surface area (Å²) >= 11 is 0. The minimum absolute atomic E-state index is 0.0349. The Hall–Kier alpha value is -3.75. The number of para-hydroxylation sites is 1. The molecular formula is C22H16F4N4O. The van der Waals surface area contributed by atoms with Gasteiger partial charge in [-0.1, -0.05) is 18.2 Å². The van der Waals surface area contributed by atoms with Crippen LogP contribution in [0.1, 0.15) is 23.0 Å². The summed E-state index contributed by atoms with van der Waals surface area (Å²) in [7, 11) is 0. The summed E-state index contributed by atoms with van der Waals surface area (Å²) < 4.78 is 56.9. The van der Waals surface area contributed by atoms with Crippen molar-refractivity contribution in [2.45, 2.75) is 20.4 Å². The molecule has 4 aromatic rings. The quantitative estimate of drug-likeness (QED) is 0.357. The third kappa shape index (κ3) is 3.52. The lowest BCUT2D eigenvalue weighted by molar-refractivity contribution is 0.102. The summed E-state index contributed by atoms with van der Waals surface area (Å²) in [5, 5.41) is 6.63. The van der Waals surface area contributed by atoms with Crippen molar-refractivity contribution in [2.75, 3.05) is 5.32 Å². The molecule has 2 aromatic carbocycles. The van der Waals surface area contributed by atoms with Crippen molar-refractivity contribution in [1.29, 1.82) is 0 Å². The summed E-state index contributed by atoms with van der Waals surface area (Å²) in [5.74, 6) is -7.55. The zero-order valence-electron chi connectivity index (χ0n) is 16.5. The Bertz CT molecular complexity index is 1310. The molecule has 9 heteroatoms. The second kappa shape index (κ2) is 7.82. The van der Waals surface area contributed by atoms with Crippen LogP contribution in [0.4, 0.5) is 23.2 Å². The molecule has 0 aliphatic heterocycles. The molecule has 0 radical (unpaired) electrons. The number of aromatic nitrogens is 3. The Labute approximate surface area is 174 Å². The van der Waals surface area contributed by atoms with E-state index in [1.807, 2.05) is 19.2 Å². The van der Waals surface area contributed by atoms with Gasteiger partial charge in [0, 0.05) is 29.3 Å². The molecule has 2 aromatic heterocycles. The van der Waals surface area contributed by atoms with Gasteiger partial charge in [0.15, 0.2) is 23.3 Å². The highest BCUT2D eigenvalue weighted by atomic mass is 19.2. The van der Waals surface area contributed by atoms with E-state index < -0.39 is 34.9 Å². The number of anilines is 1. The summed E-state index contributed by atoms with van der Waals surface area (Å²) in [6, 6.07) is 8.22. The first-order valence-corrected chi connectivity index (χ1v) is 9.38. The van der Waals surface area contributed by atoms with Gasteiger partial charge < -0.3 is 5.32 Å². The van der Waals surface area contributed by atoms with Crippen LogP contribution >= 0.6 is 0 Å². The predicted octanol–water partition coefficient (Wildman–Crippen LogP) is 5.24. The van der Waals surface area contributed by atoms with Gasteiger partial charge in [-0.15, -0.1) is 0 Å². The Morgan fingerprint density at radius 2 is 1.74 bits per heavy atom. The van der Waals surface area contributed by atoms with E-state index in [0.717, 1.165) is 5.69 Å². The second-order valence-electron chi connectivity index (χ2n) is 6.83. The number of carbonyl (C=O) groups excluding carboxylic acids is 1. The summed E-state index contributed by atoms with van der Waals surface area (Å²) in [6.07, 6.45) is 1.61. The largest absolute Gasteiger partial charge is 0.317 e. The number of halogens is 4. The van der Waals surface area contributed by atoms with E-state index >= 15 is 0 Å². The third-order valence-corrected chi connectivity index (χ3v) is 4.99. The molecule has 5 nitrogen and oxygen atoms in total. The minimum atomic E-state index is -1.69. The fourth-order valence-corrected chi connectivity index (χ4v) is 3.38. The number of amides is 1. The standard InChI is InChI=1S/C22H16F4N4O/c1-3-30-11(2)14(10-27-30)18-8-13(12-6-4-5-7-17(12)28-18)22(31)29-21-19(25)15(23)9-16(24)20(21)26/h4-10H,3H2,1-2H3,(H,29,31). The van der Waals surface area contributed by atoms with E-state index in [4.69, 9.17) is 0 Å². The average Bonchev–Trinajstić information content (AvgIpc) is 3.14. The summed E-state index contributed by atoms with van der Waals surface area (Å²) in [6.45, 7) is 4.41. The Morgan fingerprint density at radius 1 is 1.06 bits per heavy atom. The van der Waals surface area contributed by atoms with Crippen LogP contribution in [0.2, 0.25) is 0 Å². The van der Waals surface area contributed by atoms with E-state index in [1.54, 1.807) is 35.1 Å². The van der Waals surface area contributed by atoms with E-state index in [-0.39, 0.29) is 11.6 Å². The number of rotatable bonds is 4. The van der Waals surface area contributed by atoms with Gasteiger partial charge in [-0.3, -0.25) is 9.48 Å². The summed E-state index contributed by atoms with van der Waals surface area (Å²) in [5.41, 5.74) is 1.22. The van der Waals surface area contributed by atoms with Crippen LogP contribution < -0.4 is 5.32 Å². The van der Waals surface area contributed by atoms with E-state index in [2.05, 4.69) is 10.1 Å². The zero-order chi connectivity index (χ0) is 22.3. The third-order valence-electron chi connectivity index (χ3n) is 4.99. The molecule has 0 spiro atoms. The Kier molecular flexibility index (Phi) is 5.18. The van der Waals surface area contributed by atoms with E-state index in [9.17, 15) is 22.4 Å². The van der Waals surface area contributed by atoms with E-state index in [1.165, 1.54) is 6.07 Å². The number of benzene rings is 2. The average molecular weight is 428 g/mol. The van der Waals surface area contributed by atoms with Crippen LogP contribution in [0.5, 0.6) is 0 Å². The molecule has 158 valence electrons. The molecule has 4 rings (SSSR count). The highest BCUT2D eigenvalue weighted by Gasteiger charge is 2.23. The van der Waals surface area contributed by atoms with Crippen molar-refractivity contribution in [3.8, 4) is 11.3 Å². The zero-order valence-corrected chi connectivity index (χ0v) is 16.5. The number of carbonyl (C=O) groups is 1. The lowest BCUT2D eigenvalue weighted by Gasteiger charge is -2.12. The topological polar surface area (TPSA) is 59.8 Å². The molecule has 0 saturated carbocycles. The van der Waals surface area contributed by atoms with Crippen molar-refractivity contribution in [1.82, 2.24) is 14.8 Å². The van der Waals surface area contributed by atoms with Gasteiger partial charge in [-0.2, -0.15) is 5.10 Å². The van der Waals surface area contributed by atoms with Gasteiger partial charge in [0.05, 0.1) is 23.0 Å². The lowest BCUT2D eigenvalue weighted by Crippen LogP contribution is -2.16. The predicted molar refractivity (Wildman–Crippen MR) is 108 cm³/mol. The Morgan fingerprint density at radius 3 is 2.39 bits per heavy atom. The van der Waals surface area contributed by atoms with Crippen LogP contribution in [0, 0.1) is 30.2 Å². The SMILES string of the molecule is CCn1ncc(-c2cc(C(=O)Nc3c(F)c(F)cc(F)c3F)c3ccccc3n2)c1C. The number of hydrogen-bond donors (Lipinski definition) is 1. The van der Waals surface area contributed by atoms with Crippen molar-refractivity contribution in [3.05, 3.63) is 77.1 Å². The van der Waals surface area contributed by atoms with Gasteiger partial charge >= 0.3 is 0 Å². The second-order valence-corrected chi connectivity index (χ2v) is 6.83. The van der Waals surface area contributed by atoms with Crippen LogP contribution in [-0.2, 0) is 6.54 Å². The number of hydrogen-bond acceptors (Lipinski definition) is 3. The molecule has 0 saturated heterocycles. The van der Waals surface area contributed by atoms with Gasteiger partial charge in [-0.25, -0.2) is 22.5 Å². The fourth-order valence-electron chi connectivity index (χ4n) is 3.38. The first-order valence-electron chi connectivity index (χ1n) is 9.38. The molecule has 1 amide bonds. The minimum Gasteiger partial charge on any atom is -0.317 e. The number of fused-ring (bicyclic) bond motifs is 1. The first-order chi connectivity index (χ1) is 14.8. The van der Waals surface area contributed by atoms with Crippen LogP contribution in [0.3, 0.4) is 0 Å². The number of aryl methyl sites for hydroxylation is 1. The van der Waals surface area contributed by atoms with E-state index in [0.29, 0.717) is 28.7 Å². The monoisotopic (exact) mass is 428 g/mol. The molecular weight excluding hydrogens is 412 g/mol. The first kappa shape index (κ1) is 20.5. The molecule has 0 aliphatic rings. The molecule has 0 atom stereocenters. The maximum atomic E-state index is 14.1. The molecule has 0 unspecified atom stereocenters. The van der Waals surface area contributed by atoms with Gasteiger partial charge in [0.25, 0.3) is 5.91 Å². The molecule has 0 bridgehead atoms. The van der Waals surface area contributed by atoms with Gasteiger partial charge in [-0.05, 0) is 26.0 Å². The molecule has 2 heterocycles. The molecule has 31 heavy (non-hydrogen) atoms. The maximum Gasteiger partial charge on any atom is 0.256 e. The number of pyridine rings is 1. The van der Waals surface area contributed by atoms with Crippen LogP contribution in [0.25, 0.3) is 22.2 Å². The normalized spacial score (nSPS) is 11.2. The summed E-state index contributed by atoms with van der Waals surface area (Å²) in [4.78, 5) is 17.5. The highest BCUT2D eigenvalue weighted by molar-refractivity contribution is 6.13. The number of nitrogens with one attached hydrogen (secondary N) is 1. The van der Waals surface area contributed by atoms with Crippen LogP contribution in [-0.4, -0.2) is 20.7 Å². The fraction of sp³-hybridized carbons (Fsp3) is 0.136. The molecule has 0 fully saturated rings.